The Morgan fingerprint density at radius 1 is 1.47 bits per heavy atom. The molecule has 1 rings (SSSR count). The number of ether oxygens (including phenoxy) is 1. The van der Waals surface area contributed by atoms with E-state index in [1.165, 1.54) is 0 Å². The van der Waals surface area contributed by atoms with Gasteiger partial charge in [-0.05, 0) is 0 Å². The molecule has 1 aromatic rings. The van der Waals surface area contributed by atoms with Crippen molar-refractivity contribution in [3.05, 3.63) is 16.6 Å². The van der Waals surface area contributed by atoms with E-state index >= 15 is 0 Å². The molecular weight excluding hydrogens is 245 g/mol. The van der Waals surface area contributed by atoms with E-state index in [1.807, 2.05) is 0 Å². The Labute approximate surface area is 95.2 Å². The summed E-state index contributed by atoms with van der Waals surface area (Å²) in [5.74, 6) is 0. The molecule has 0 aliphatic carbocycles. The molecule has 0 aliphatic heterocycles. The lowest BCUT2D eigenvalue weighted by atomic mass is 10.5. The van der Waals surface area contributed by atoms with Crippen molar-refractivity contribution in [2.75, 3.05) is 18.5 Å². The van der Waals surface area contributed by atoms with Gasteiger partial charge in [-0.2, -0.15) is 0 Å². The predicted octanol–water partition coefficient (Wildman–Crippen LogP) is 1.32. The Morgan fingerprint density at radius 3 is 2.60 bits per heavy atom. The summed E-state index contributed by atoms with van der Waals surface area (Å²) >= 11 is 11.3. The first-order valence-electron chi connectivity index (χ1n) is 3.85. The first-order valence-corrected chi connectivity index (χ1v) is 4.61. The number of halogens is 2. The fraction of sp³-hybridized carbons (Fsp3) is 0.286. The molecule has 0 saturated heterocycles. The van der Waals surface area contributed by atoms with Crippen LogP contribution in [0.4, 0.5) is 10.5 Å². The molecule has 0 aliphatic rings. The van der Waals surface area contributed by atoms with Gasteiger partial charge in [0.15, 0.2) is 10.3 Å². The van der Waals surface area contributed by atoms with Crippen molar-refractivity contribution in [1.82, 2.24) is 9.97 Å². The SMILES string of the molecule is O=C(Nc1c(Cl)ncnc1Cl)OCCO. The van der Waals surface area contributed by atoms with Crippen molar-refractivity contribution >= 4 is 35.0 Å². The summed E-state index contributed by atoms with van der Waals surface area (Å²) < 4.78 is 4.53. The van der Waals surface area contributed by atoms with Crippen LogP contribution in [-0.4, -0.2) is 34.4 Å². The van der Waals surface area contributed by atoms with Gasteiger partial charge in [-0.15, -0.1) is 0 Å². The van der Waals surface area contributed by atoms with Gasteiger partial charge in [-0.3, -0.25) is 5.32 Å². The zero-order valence-electron chi connectivity index (χ0n) is 7.41. The van der Waals surface area contributed by atoms with E-state index in [0.29, 0.717) is 0 Å². The lowest BCUT2D eigenvalue weighted by molar-refractivity contribution is 0.131. The monoisotopic (exact) mass is 251 g/mol. The van der Waals surface area contributed by atoms with Crippen LogP contribution in [0, 0.1) is 0 Å². The smallest absolute Gasteiger partial charge is 0.411 e. The summed E-state index contributed by atoms with van der Waals surface area (Å²) in [6.07, 6.45) is 0.372. The third kappa shape index (κ3) is 3.50. The second kappa shape index (κ2) is 5.69. The highest BCUT2D eigenvalue weighted by Crippen LogP contribution is 2.25. The molecule has 1 heterocycles. The Morgan fingerprint density at radius 2 is 2.07 bits per heavy atom. The van der Waals surface area contributed by atoms with Gasteiger partial charge in [0.1, 0.15) is 18.6 Å². The molecule has 0 unspecified atom stereocenters. The third-order valence-electron chi connectivity index (χ3n) is 1.31. The number of nitrogens with zero attached hydrogens (tertiary/aromatic N) is 2. The van der Waals surface area contributed by atoms with E-state index in [0.717, 1.165) is 6.33 Å². The maximum atomic E-state index is 11.1. The van der Waals surface area contributed by atoms with E-state index in [4.69, 9.17) is 28.3 Å². The molecular formula is C7H7Cl2N3O3. The van der Waals surface area contributed by atoms with Gasteiger partial charge in [0.2, 0.25) is 0 Å². The van der Waals surface area contributed by atoms with Crippen LogP contribution in [0.15, 0.2) is 6.33 Å². The minimum absolute atomic E-state index is 0.0101. The summed E-state index contributed by atoms with van der Waals surface area (Å²) in [5, 5.41) is 10.7. The van der Waals surface area contributed by atoms with Crippen LogP contribution in [0.1, 0.15) is 0 Å². The first kappa shape index (κ1) is 12.0. The van der Waals surface area contributed by atoms with Crippen LogP contribution in [0.25, 0.3) is 0 Å². The number of amides is 1. The summed E-state index contributed by atoms with van der Waals surface area (Å²) in [6.45, 7) is -0.380. The number of aliphatic hydroxyl groups is 1. The van der Waals surface area contributed by atoms with Gasteiger partial charge in [0.25, 0.3) is 0 Å². The van der Waals surface area contributed by atoms with E-state index in [1.54, 1.807) is 0 Å². The normalized spacial score (nSPS) is 9.80. The molecule has 8 heteroatoms. The number of carbonyl (C=O) groups excluding carboxylic acids is 1. The third-order valence-corrected chi connectivity index (χ3v) is 1.88. The molecule has 1 amide bonds. The lowest BCUT2D eigenvalue weighted by Gasteiger charge is -2.07. The second-order valence-electron chi connectivity index (χ2n) is 2.31. The minimum atomic E-state index is -0.789. The average molecular weight is 252 g/mol. The van der Waals surface area contributed by atoms with Crippen LogP contribution in [0.2, 0.25) is 10.3 Å². The molecule has 0 saturated carbocycles. The highest BCUT2D eigenvalue weighted by atomic mass is 35.5. The number of hydrogen-bond donors (Lipinski definition) is 2. The van der Waals surface area contributed by atoms with Gasteiger partial charge in [0, 0.05) is 0 Å². The van der Waals surface area contributed by atoms with Gasteiger partial charge in [-0.1, -0.05) is 23.2 Å². The zero-order chi connectivity index (χ0) is 11.3. The van der Waals surface area contributed by atoms with Crippen LogP contribution < -0.4 is 5.32 Å². The first-order chi connectivity index (χ1) is 7.15. The van der Waals surface area contributed by atoms with Gasteiger partial charge in [0.05, 0.1) is 6.61 Å². The molecule has 82 valence electrons. The fourth-order valence-corrected chi connectivity index (χ4v) is 1.13. The summed E-state index contributed by atoms with van der Waals surface area (Å²) in [6, 6.07) is 0. The van der Waals surface area contributed by atoms with Crippen molar-refractivity contribution < 1.29 is 14.6 Å². The number of rotatable bonds is 3. The molecule has 6 nitrogen and oxygen atoms in total. The minimum Gasteiger partial charge on any atom is -0.447 e. The van der Waals surface area contributed by atoms with E-state index < -0.39 is 6.09 Å². The van der Waals surface area contributed by atoms with Crippen LogP contribution >= 0.6 is 23.2 Å². The van der Waals surface area contributed by atoms with Gasteiger partial charge in [-0.25, -0.2) is 14.8 Å². The van der Waals surface area contributed by atoms with Crippen molar-refractivity contribution in [3.8, 4) is 0 Å². The fourth-order valence-electron chi connectivity index (χ4n) is 0.724. The number of aliphatic hydroxyl groups excluding tert-OH is 1. The Hall–Kier alpha value is -1.11. The molecule has 0 atom stereocenters. The average Bonchev–Trinajstić information content (AvgIpc) is 2.21. The van der Waals surface area contributed by atoms with E-state index in [9.17, 15) is 4.79 Å². The van der Waals surface area contributed by atoms with Crippen LogP contribution in [0.3, 0.4) is 0 Å². The van der Waals surface area contributed by atoms with Crippen molar-refractivity contribution in [2.45, 2.75) is 0 Å². The van der Waals surface area contributed by atoms with Crippen molar-refractivity contribution in [2.24, 2.45) is 0 Å². The summed E-state index contributed by atoms with van der Waals surface area (Å²) in [4.78, 5) is 18.3. The Kier molecular flexibility index (Phi) is 4.54. The number of carbonyl (C=O) groups is 1. The summed E-state index contributed by atoms with van der Waals surface area (Å²) in [5.41, 5.74) is 0.0729. The number of hydrogen-bond acceptors (Lipinski definition) is 5. The summed E-state index contributed by atoms with van der Waals surface area (Å²) in [7, 11) is 0. The maximum Gasteiger partial charge on any atom is 0.411 e. The second-order valence-corrected chi connectivity index (χ2v) is 3.03. The molecule has 0 radical (unpaired) electrons. The molecule has 1 aromatic heterocycles. The standard InChI is InChI=1S/C7H7Cl2N3O3/c8-5-4(6(9)11-3-10-5)12-7(14)15-2-1-13/h3,13H,1-2H2,(H,12,14). The zero-order valence-corrected chi connectivity index (χ0v) is 8.92. The molecule has 0 aromatic carbocycles. The quantitative estimate of drug-likeness (QED) is 0.792. The molecule has 0 bridgehead atoms. The molecule has 15 heavy (non-hydrogen) atoms. The Bertz CT molecular complexity index is 341. The topological polar surface area (TPSA) is 84.3 Å². The van der Waals surface area contributed by atoms with E-state index in [-0.39, 0.29) is 29.2 Å². The maximum absolute atomic E-state index is 11.1. The van der Waals surface area contributed by atoms with E-state index in [2.05, 4.69) is 20.0 Å². The Balaban J connectivity index is 2.68. The number of anilines is 1. The highest BCUT2D eigenvalue weighted by molar-refractivity contribution is 6.38. The molecule has 2 N–H and O–H groups in total. The van der Waals surface area contributed by atoms with Crippen molar-refractivity contribution in [3.63, 3.8) is 0 Å². The largest absolute Gasteiger partial charge is 0.447 e. The van der Waals surface area contributed by atoms with Crippen LogP contribution in [-0.2, 0) is 4.74 Å². The van der Waals surface area contributed by atoms with Gasteiger partial charge >= 0.3 is 6.09 Å². The molecule has 0 fully saturated rings. The lowest BCUT2D eigenvalue weighted by Crippen LogP contribution is -2.16. The number of nitrogens with one attached hydrogen (secondary N) is 1. The van der Waals surface area contributed by atoms with Gasteiger partial charge < -0.3 is 9.84 Å². The van der Waals surface area contributed by atoms with Crippen molar-refractivity contribution in [1.29, 1.82) is 0 Å². The number of aromatic nitrogens is 2. The highest BCUT2D eigenvalue weighted by Gasteiger charge is 2.11. The molecule has 0 spiro atoms. The van der Waals surface area contributed by atoms with Crippen LogP contribution in [0.5, 0.6) is 0 Å². The predicted molar refractivity (Wildman–Crippen MR) is 54.1 cm³/mol.